The van der Waals surface area contributed by atoms with E-state index in [-0.39, 0.29) is 23.9 Å². The number of aromatic nitrogens is 5. The topological polar surface area (TPSA) is 85.7 Å². The zero-order valence-corrected chi connectivity index (χ0v) is 23.9. The van der Waals surface area contributed by atoms with Crippen LogP contribution in [0.4, 0.5) is 5.82 Å². The fourth-order valence-corrected chi connectivity index (χ4v) is 5.91. The van der Waals surface area contributed by atoms with Crippen molar-refractivity contribution in [2.45, 2.75) is 66.5 Å². The summed E-state index contributed by atoms with van der Waals surface area (Å²) in [7, 11) is 1.99. The zero-order valence-electron chi connectivity index (χ0n) is 23.9. The highest BCUT2D eigenvalue weighted by Gasteiger charge is 2.34. The third-order valence-corrected chi connectivity index (χ3v) is 8.11. The molecular weight excluding hydrogens is 476 g/mol. The second-order valence-electron chi connectivity index (χ2n) is 11.2. The number of anilines is 1. The number of amides is 1. The van der Waals surface area contributed by atoms with Crippen molar-refractivity contribution in [3.8, 4) is 11.3 Å². The number of carbonyl (C=O) groups is 1. The van der Waals surface area contributed by atoms with E-state index in [0.717, 1.165) is 59.0 Å². The van der Waals surface area contributed by atoms with Crippen molar-refractivity contribution in [1.29, 1.82) is 0 Å². The van der Waals surface area contributed by atoms with E-state index >= 15 is 0 Å². The first-order valence-electron chi connectivity index (χ1n) is 13.7. The van der Waals surface area contributed by atoms with E-state index < -0.39 is 0 Å². The lowest BCUT2D eigenvalue weighted by Gasteiger charge is -2.45. The van der Waals surface area contributed by atoms with Gasteiger partial charge in [0.25, 0.3) is 0 Å². The van der Waals surface area contributed by atoms with E-state index in [2.05, 4.69) is 96.6 Å². The Kier molecular flexibility index (Phi) is 6.90. The van der Waals surface area contributed by atoms with Gasteiger partial charge in [0.1, 0.15) is 12.1 Å². The molecule has 9 nitrogen and oxygen atoms in total. The fourth-order valence-electron chi connectivity index (χ4n) is 5.91. The zero-order chi connectivity index (χ0) is 27.3. The Labute approximate surface area is 224 Å². The Morgan fingerprint density at radius 3 is 2.53 bits per heavy atom. The van der Waals surface area contributed by atoms with E-state index in [1.165, 1.54) is 11.1 Å². The highest BCUT2D eigenvalue weighted by Crippen LogP contribution is 2.38. The average molecular weight is 517 g/mol. The molecule has 1 amide bonds. The molecule has 38 heavy (non-hydrogen) atoms. The van der Waals surface area contributed by atoms with Crippen LogP contribution in [0, 0.1) is 13.8 Å². The van der Waals surface area contributed by atoms with E-state index in [1.807, 2.05) is 11.6 Å². The van der Waals surface area contributed by atoms with Gasteiger partial charge in [0.2, 0.25) is 5.91 Å². The summed E-state index contributed by atoms with van der Waals surface area (Å²) in [5.41, 5.74) is 8.66. The number of carbonyl (C=O) groups excluding carboxylic acids is 1. The van der Waals surface area contributed by atoms with Crippen molar-refractivity contribution >= 4 is 28.4 Å². The van der Waals surface area contributed by atoms with Crippen molar-refractivity contribution in [3.63, 3.8) is 0 Å². The Morgan fingerprint density at radius 1 is 1.16 bits per heavy atom. The van der Waals surface area contributed by atoms with Crippen molar-refractivity contribution < 1.29 is 4.79 Å². The van der Waals surface area contributed by atoms with Crippen molar-refractivity contribution in [2.24, 2.45) is 0 Å². The van der Waals surface area contributed by atoms with Crippen molar-refractivity contribution in [1.82, 2.24) is 34.4 Å². The molecule has 0 radical (unpaired) electrons. The largest absolute Gasteiger partial charge is 0.353 e. The molecule has 202 valence electrons. The SMILES string of the molecule is CCN(C)CC(=O)N1[C@H](C)CN(c2ccc3[nH]c(-c4cn5ncnc5c(C)c4C)c(C(C)C)c3n2)C[C@H]1C. The third kappa shape index (κ3) is 4.42. The highest BCUT2D eigenvalue weighted by molar-refractivity contribution is 5.90. The van der Waals surface area contributed by atoms with Gasteiger partial charge in [0.15, 0.2) is 5.65 Å². The molecule has 0 aliphatic carbocycles. The third-order valence-electron chi connectivity index (χ3n) is 8.11. The highest BCUT2D eigenvalue weighted by atomic mass is 16.2. The van der Waals surface area contributed by atoms with Gasteiger partial charge >= 0.3 is 0 Å². The summed E-state index contributed by atoms with van der Waals surface area (Å²) >= 11 is 0. The van der Waals surface area contributed by atoms with Crippen LogP contribution in [0.1, 0.15) is 57.2 Å². The molecule has 1 saturated heterocycles. The molecular formula is C29H40N8O. The van der Waals surface area contributed by atoms with Crippen molar-refractivity contribution in [3.05, 3.63) is 41.3 Å². The standard InChI is InChI=1S/C29H40N8O/c1-9-34(8)15-25(38)37-18(4)12-35(13-19(37)5)24-11-10-23-28(33-24)26(17(2)3)27(32-23)22-14-36-29(30-16-31-36)21(7)20(22)6/h10-11,14,16-19,32H,9,12-13,15H2,1-8H3/t18-,19-/m1/s1. The monoisotopic (exact) mass is 516 g/mol. The van der Waals surface area contributed by atoms with Gasteiger partial charge < -0.3 is 14.8 Å². The smallest absolute Gasteiger partial charge is 0.237 e. The van der Waals surface area contributed by atoms with Crippen LogP contribution in [0.5, 0.6) is 0 Å². The summed E-state index contributed by atoms with van der Waals surface area (Å²) in [5.74, 6) is 1.43. The molecule has 1 fully saturated rings. The van der Waals surface area contributed by atoms with E-state index in [9.17, 15) is 4.79 Å². The number of piperazine rings is 1. The summed E-state index contributed by atoms with van der Waals surface area (Å²) in [5, 5.41) is 4.40. The van der Waals surface area contributed by atoms with Gasteiger partial charge in [-0.1, -0.05) is 20.8 Å². The number of rotatable bonds is 6. The van der Waals surface area contributed by atoms with Crippen LogP contribution in [-0.2, 0) is 4.79 Å². The first-order chi connectivity index (χ1) is 18.1. The van der Waals surface area contributed by atoms with Gasteiger partial charge in [-0.15, -0.1) is 0 Å². The van der Waals surface area contributed by atoms with Gasteiger partial charge in [0, 0.05) is 42.5 Å². The number of hydrogen-bond donors (Lipinski definition) is 1. The maximum atomic E-state index is 13.0. The molecule has 0 saturated carbocycles. The summed E-state index contributed by atoms with van der Waals surface area (Å²) < 4.78 is 1.86. The van der Waals surface area contributed by atoms with E-state index in [1.54, 1.807) is 6.33 Å². The lowest BCUT2D eigenvalue weighted by molar-refractivity contribution is -0.137. The maximum Gasteiger partial charge on any atom is 0.237 e. The van der Waals surface area contributed by atoms with Crippen molar-refractivity contribution in [2.75, 3.05) is 38.1 Å². The van der Waals surface area contributed by atoms with Crippen LogP contribution in [0.15, 0.2) is 24.7 Å². The number of nitrogens with one attached hydrogen (secondary N) is 1. The summed E-state index contributed by atoms with van der Waals surface area (Å²) in [6.07, 6.45) is 3.67. The number of aryl methyl sites for hydroxylation is 1. The van der Waals surface area contributed by atoms with Gasteiger partial charge in [-0.3, -0.25) is 9.69 Å². The molecule has 0 spiro atoms. The fraction of sp³-hybridized carbons (Fsp3) is 0.517. The molecule has 4 aromatic heterocycles. The normalized spacial score (nSPS) is 18.5. The Bertz CT molecular complexity index is 1470. The van der Waals surface area contributed by atoms with Crippen LogP contribution >= 0.6 is 0 Å². The van der Waals surface area contributed by atoms with E-state index in [4.69, 9.17) is 4.98 Å². The number of pyridine rings is 2. The Hall–Kier alpha value is -3.46. The van der Waals surface area contributed by atoms with Crippen LogP contribution in [0.25, 0.3) is 27.9 Å². The summed E-state index contributed by atoms with van der Waals surface area (Å²) in [6.45, 7) is 17.9. The molecule has 0 bridgehead atoms. The number of fused-ring (bicyclic) bond motifs is 2. The molecule has 4 aromatic rings. The summed E-state index contributed by atoms with van der Waals surface area (Å²) in [6, 6.07) is 4.47. The molecule has 0 unspecified atom stereocenters. The molecule has 1 N–H and O–H groups in total. The quantitative estimate of drug-likeness (QED) is 0.409. The van der Waals surface area contributed by atoms with Crippen LogP contribution in [-0.4, -0.2) is 85.6 Å². The lowest BCUT2D eigenvalue weighted by Crippen LogP contribution is -2.60. The molecule has 0 aromatic carbocycles. The first-order valence-corrected chi connectivity index (χ1v) is 13.7. The maximum absolute atomic E-state index is 13.0. The Morgan fingerprint density at radius 2 is 1.87 bits per heavy atom. The van der Waals surface area contributed by atoms with Crippen LogP contribution in [0.3, 0.4) is 0 Å². The van der Waals surface area contributed by atoms with Crippen LogP contribution in [0.2, 0.25) is 0 Å². The number of nitrogens with zero attached hydrogens (tertiary/aromatic N) is 7. The second-order valence-corrected chi connectivity index (χ2v) is 11.2. The number of likely N-dealkylation sites (N-methyl/N-ethyl adjacent to an activating group) is 1. The molecule has 1 aliphatic heterocycles. The minimum absolute atomic E-state index is 0.111. The van der Waals surface area contributed by atoms with Gasteiger partial charge in [-0.25, -0.2) is 14.5 Å². The lowest BCUT2D eigenvalue weighted by atomic mass is 9.95. The first kappa shape index (κ1) is 26.2. The van der Waals surface area contributed by atoms with Gasteiger partial charge in [-0.05, 0) is 70.5 Å². The molecule has 9 heteroatoms. The van der Waals surface area contributed by atoms with Gasteiger partial charge in [-0.2, -0.15) is 5.10 Å². The Balaban J connectivity index is 1.51. The van der Waals surface area contributed by atoms with Crippen LogP contribution < -0.4 is 4.90 Å². The molecule has 5 rings (SSSR count). The second kappa shape index (κ2) is 10.0. The summed E-state index contributed by atoms with van der Waals surface area (Å²) in [4.78, 5) is 32.8. The molecule has 1 aliphatic rings. The molecule has 5 heterocycles. The number of aromatic amines is 1. The molecule has 2 atom stereocenters. The average Bonchev–Trinajstić information content (AvgIpc) is 3.49. The predicted molar refractivity (Wildman–Crippen MR) is 153 cm³/mol. The number of H-pyrrole nitrogens is 1. The van der Waals surface area contributed by atoms with Gasteiger partial charge in [0.05, 0.1) is 23.3 Å². The minimum Gasteiger partial charge on any atom is -0.353 e. The minimum atomic E-state index is 0.111. The predicted octanol–water partition coefficient (Wildman–Crippen LogP) is 4.39. The number of hydrogen-bond acceptors (Lipinski definition) is 6. The van der Waals surface area contributed by atoms with E-state index in [0.29, 0.717) is 6.54 Å².